The molecule has 0 heterocycles. The summed E-state index contributed by atoms with van der Waals surface area (Å²) in [5.74, 6) is -0.169. The normalized spacial score (nSPS) is 12.2. The summed E-state index contributed by atoms with van der Waals surface area (Å²) in [7, 11) is 0. The molecular weight excluding hydrogens is 484 g/mol. The molecule has 1 N–H and O–H groups in total. The van der Waals surface area contributed by atoms with Crippen LogP contribution in [0.1, 0.15) is 118 Å². The smallest absolute Gasteiger partial charge is 0.466 e. The maximum absolute atomic E-state index is 12.4. The van der Waals surface area contributed by atoms with Crippen molar-refractivity contribution in [2.75, 3.05) is 59.1 Å². The average Bonchev–Trinajstić information content (AvgIpc) is 2.90. The molecule has 0 saturated carbocycles. The highest BCUT2D eigenvalue weighted by Crippen LogP contribution is 2.16. The zero-order valence-corrected chi connectivity index (χ0v) is 25.2. The van der Waals surface area contributed by atoms with Crippen LogP contribution in [0.5, 0.6) is 0 Å². The van der Waals surface area contributed by atoms with E-state index in [0.717, 1.165) is 77.5 Å². The van der Waals surface area contributed by atoms with E-state index in [1.165, 1.54) is 19.3 Å². The van der Waals surface area contributed by atoms with E-state index in [1.807, 2.05) is 0 Å². The summed E-state index contributed by atoms with van der Waals surface area (Å²) < 4.78 is 16.4. The summed E-state index contributed by atoms with van der Waals surface area (Å²) >= 11 is 0. The van der Waals surface area contributed by atoms with Gasteiger partial charge in [-0.2, -0.15) is 0 Å². The molecule has 0 aromatic rings. The molecule has 0 saturated heterocycles. The molecule has 226 valence electrons. The minimum atomic E-state index is -0.646. The van der Waals surface area contributed by atoms with Crippen LogP contribution in [0.15, 0.2) is 0 Å². The molecule has 0 aliphatic carbocycles. The van der Waals surface area contributed by atoms with E-state index in [0.29, 0.717) is 39.0 Å². The SMILES string of the molecule is CCCCCCCOC(=O)CCCC(CCCCCC)OC(=O)OCCN(CCO)CCCN(CC)CC. The van der Waals surface area contributed by atoms with Gasteiger partial charge in [-0.1, -0.05) is 72.6 Å². The predicted molar refractivity (Wildman–Crippen MR) is 154 cm³/mol. The maximum Gasteiger partial charge on any atom is 0.508 e. The van der Waals surface area contributed by atoms with E-state index in [1.54, 1.807) is 0 Å². The maximum atomic E-state index is 12.4. The quantitative estimate of drug-likeness (QED) is 0.0967. The highest BCUT2D eigenvalue weighted by atomic mass is 16.7. The molecular formula is C30H60N2O6. The van der Waals surface area contributed by atoms with E-state index in [-0.39, 0.29) is 25.3 Å². The first-order valence-corrected chi connectivity index (χ1v) is 15.5. The number of aliphatic hydroxyl groups excluding tert-OH is 1. The van der Waals surface area contributed by atoms with Crippen LogP contribution in [-0.4, -0.2) is 92.2 Å². The van der Waals surface area contributed by atoms with Gasteiger partial charge in [0.1, 0.15) is 12.7 Å². The van der Waals surface area contributed by atoms with Gasteiger partial charge in [0.25, 0.3) is 0 Å². The van der Waals surface area contributed by atoms with Crippen molar-refractivity contribution in [2.45, 2.75) is 124 Å². The van der Waals surface area contributed by atoms with Gasteiger partial charge in [-0.05, 0) is 64.7 Å². The minimum Gasteiger partial charge on any atom is -0.466 e. The van der Waals surface area contributed by atoms with E-state index in [2.05, 4.69) is 37.5 Å². The van der Waals surface area contributed by atoms with Crippen LogP contribution in [0.25, 0.3) is 0 Å². The van der Waals surface area contributed by atoms with E-state index < -0.39 is 6.16 Å². The molecule has 0 bridgehead atoms. The summed E-state index contributed by atoms with van der Waals surface area (Å²) in [5, 5.41) is 9.38. The number of carbonyl (C=O) groups is 2. The van der Waals surface area contributed by atoms with Crippen LogP contribution < -0.4 is 0 Å². The topological polar surface area (TPSA) is 88.5 Å². The molecule has 0 aromatic heterocycles. The Kier molecular flexibility index (Phi) is 26.2. The molecule has 0 fully saturated rings. The van der Waals surface area contributed by atoms with Gasteiger partial charge in [0.05, 0.1) is 13.2 Å². The van der Waals surface area contributed by atoms with E-state index in [4.69, 9.17) is 14.2 Å². The molecule has 0 aliphatic heterocycles. The number of unbranched alkanes of at least 4 members (excludes halogenated alkanes) is 7. The Balaban J connectivity index is 4.38. The number of carbonyl (C=O) groups excluding carboxylic acids is 2. The van der Waals surface area contributed by atoms with Gasteiger partial charge in [0.2, 0.25) is 0 Å². The van der Waals surface area contributed by atoms with Gasteiger partial charge >= 0.3 is 12.1 Å². The highest BCUT2D eigenvalue weighted by Gasteiger charge is 2.17. The second kappa shape index (κ2) is 27.2. The van der Waals surface area contributed by atoms with Crippen molar-refractivity contribution >= 4 is 12.1 Å². The first-order chi connectivity index (χ1) is 18.5. The lowest BCUT2D eigenvalue weighted by atomic mass is 10.0. The van der Waals surface area contributed by atoms with Crippen molar-refractivity contribution in [2.24, 2.45) is 0 Å². The van der Waals surface area contributed by atoms with E-state index >= 15 is 0 Å². The van der Waals surface area contributed by atoms with Crippen molar-refractivity contribution in [1.29, 1.82) is 0 Å². The Bertz CT molecular complexity index is 545. The molecule has 38 heavy (non-hydrogen) atoms. The lowest BCUT2D eigenvalue weighted by molar-refractivity contribution is -0.144. The van der Waals surface area contributed by atoms with Gasteiger partial charge in [-0.3, -0.25) is 9.69 Å². The van der Waals surface area contributed by atoms with Crippen LogP contribution in [0.2, 0.25) is 0 Å². The summed E-state index contributed by atoms with van der Waals surface area (Å²) in [6, 6.07) is 0. The van der Waals surface area contributed by atoms with Crippen LogP contribution in [0.4, 0.5) is 4.79 Å². The monoisotopic (exact) mass is 544 g/mol. The van der Waals surface area contributed by atoms with Crippen molar-refractivity contribution in [3.05, 3.63) is 0 Å². The lowest BCUT2D eigenvalue weighted by Crippen LogP contribution is -2.34. The number of rotatable bonds is 27. The Labute approximate surface area is 233 Å². The fourth-order valence-electron chi connectivity index (χ4n) is 4.46. The lowest BCUT2D eigenvalue weighted by Gasteiger charge is -2.24. The Hall–Kier alpha value is -1.38. The molecule has 0 amide bonds. The van der Waals surface area contributed by atoms with Crippen molar-refractivity contribution in [3.8, 4) is 0 Å². The van der Waals surface area contributed by atoms with Crippen molar-refractivity contribution in [1.82, 2.24) is 9.80 Å². The molecule has 1 atom stereocenters. The Morgan fingerprint density at radius 1 is 0.658 bits per heavy atom. The van der Waals surface area contributed by atoms with Gasteiger partial charge in [0, 0.05) is 19.5 Å². The van der Waals surface area contributed by atoms with Gasteiger partial charge < -0.3 is 24.2 Å². The standard InChI is InChI=1S/C30H60N2O6/c1-5-9-11-13-15-26-36-29(34)20-16-19-28(18-14-12-10-6-2)38-30(35)37-27-24-32(23-25-33)22-17-21-31(7-3)8-4/h28,33H,5-27H2,1-4H3. The second-order valence-corrected chi connectivity index (χ2v) is 10.2. The van der Waals surface area contributed by atoms with E-state index in [9.17, 15) is 14.7 Å². The number of esters is 1. The molecule has 0 rings (SSSR count). The third-order valence-corrected chi connectivity index (χ3v) is 6.95. The van der Waals surface area contributed by atoms with Crippen molar-refractivity contribution in [3.63, 3.8) is 0 Å². The molecule has 8 nitrogen and oxygen atoms in total. The predicted octanol–water partition coefficient (Wildman–Crippen LogP) is 6.19. The molecule has 8 heteroatoms. The fourth-order valence-corrected chi connectivity index (χ4v) is 4.46. The summed E-state index contributed by atoms with van der Waals surface area (Å²) in [5.41, 5.74) is 0. The first kappa shape index (κ1) is 36.6. The highest BCUT2D eigenvalue weighted by molar-refractivity contribution is 5.69. The fraction of sp³-hybridized carbons (Fsp3) is 0.933. The van der Waals surface area contributed by atoms with Gasteiger partial charge in [0.15, 0.2) is 0 Å². The zero-order valence-electron chi connectivity index (χ0n) is 25.2. The van der Waals surface area contributed by atoms with Gasteiger partial charge in [-0.15, -0.1) is 0 Å². The number of ether oxygens (including phenoxy) is 3. The zero-order chi connectivity index (χ0) is 28.3. The Morgan fingerprint density at radius 3 is 1.95 bits per heavy atom. The minimum absolute atomic E-state index is 0.0802. The molecule has 0 aliphatic rings. The first-order valence-electron chi connectivity index (χ1n) is 15.5. The van der Waals surface area contributed by atoms with Crippen LogP contribution in [0, 0.1) is 0 Å². The summed E-state index contributed by atoms with van der Waals surface area (Å²) in [6.45, 7) is 14.5. The van der Waals surface area contributed by atoms with Crippen LogP contribution >= 0.6 is 0 Å². The second-order valence-electron chi connectivity index (χ2n) is 10.2. The number of nitrogens with zero attached hydrogens (tertiary/aromatic N) is 2. The number of aliphatic hydroxyl groups is 1. The molecule has 0 radical (unpaired) electrons. The third kappa shape index (κ3) is 22.6. The van der Waals surface area contributed by atoms with Crippen LogP contribution in [-0.2, 0) is 19.0 Å². The average molecular weight is 545 g/mol. The van der Waals surface area contributed by atoms with Crippen molar-refractivity contribution < 1.29 is 28.9 Å². The molecule has 0 aromatic carbocycles. The molecule has 0 spiro atoms. The molecule has 1 unspecified atom stereocenters. The largest absolute Gasteiger partial charge is 0.508 e. The number of hydrogen-bond donors (Lipinski definition) is 1. The third-order valence-electron chi connectivity index (χ3n) is 6.95. The number of hydrogen-bond acceptors (Lipinski definition) is 8. The van der Waals surface area contributed by atoms with Gasteiger partial charge in [-0.25, -0.2) is 4.79 Å². The summed E-state index contributed by atoms with van der Waals surface area (Å²) in [4.78, 5) is 29.0. The Morgan fingerprint density at radius 2 is 1.29 bits per heavy atom. The van der Waals surface area contributed by atoms with Crippen LogP contribution in [0.3, 0.4) is 0 Å². The summed E-state index contributed by atoms with van der Waals surface area (Å²) in [6.07, 6.45) is 12.6.